The third kappa shape index (κ3) is 1.97. The Labute approximate surface area is 148 Å². The molecule has 2 heterocycles. The molecule has 0 amide bonds. The lowest BCUT2D eigenvalue weighted by molar-refractivity contribution is -0.143. The van der Waals surface area contributed by atoms with E-state index in [-0.39, 0.29) is 29.0 Å². The van der Waals surface area contributed by atoms with Gasteiger partial charge >= 0.3 is 5.97 Å². The van der Waals surface area contributed by atoms with Crippen LogP contribution in [0.1, 0.15) is 23.9 Å². The van der Waals surface area contributed by atoms with Crippen LogP contribution in [0.5, 0.6) is 0 Å². The molecule has 0 saturated heterocycles. The zero-order valence-corrected chi connectivity index (χ0v) is 14.0. The highest BCUT2D eigenvalue weighted by Gasteiger charge is 2.50. The fourth-order valence-electron chi connectivity index (χ4n) is 4.46. The fraction of sp³-hybridized carbons (Fsp3) is 0.316. The van der Waals surface area contributed by atoms with Crippen molar-refractivity contribution >= 4 is 22.5 Å². The van der Waals surface area contributed by atoms with E-state index < -0.39 is 11.9 Å². The van der Waals surface area contributed by atoms with Gasteiger partial charge in [0.2, 0.25) is 0 Å². The molecular weight excluding hydrogens is 332 g/mol. The summed E-state index contributed by atoms with van der Waals surface area (Å²) in [5.41, 5.74) is 1.01. The molecular formula is C19H16N4O3. The summed E-state index contributed by atoms with van der Waals surface area (Å²) in [6.07, 6.45) is 4.89. The zero-order valence-electron chi connectivity index (χ0n) is 14.0. The molecule has 0 radical (unpaired) electrons. The number of benzene rings is 1. The van der Waals surface area contributed by atoms with Crippen molar-refractivity contribution in [3.63, 3.8) is 0 Å². The van der Waals surface area contributed by atoms with Crippen molar-refractivity contribution in [1.29, 1.82) is 0 Å². The highest BCUT2D eigenvalue weighted by Crippen LogP contribution is 2.52. The number of aryl methyl sites for hydroxylation is 1. The maximum absolute atomic E-state index is 12.1. The zero-order chi connectivity index (χ0) is 18.0. The first kappa shape index (κ1) is 15.2. The number of carbonyl (C=O) groups is 1. The van der Waals surface area contributed by atoms with Crippen LogP contribution in [0.15, 0.2) is 41.2 Å². The maximum atomic E-state index is 12.1. The van der Waals surface area contributed by atoms with Gasteiger partial charge in [0.15, 0.2) is 5.65 Å². The van der Waals surface area contributed by atoms with Gasteiger partial charge in [-0.3, -0.25) is 9.59 Å². The molecule has 0 spiro atoms. The van der Waals surface area contributed by atoms with Crippen LogP contribution < -0.4 is 5.56 Å². The second kappa shape index (κ2) is 5.20. The quantitative estimate of drug-likeness (QED) is 0.561. The molecule has 0 aliphatic heterocycles. The Balaban J connectivity index is 1.87. The summed E-state index contributed by atoms with van der Waals surface area (Å²) in [5, 5.41) is 14.9. The average Bonchev–Trinajstić information content (AvgIpc) is 3.23. The molecule has 1 aromatic carbocycles. The van der Waals surface area contributed by atoms with E-state index in [1.54, 1.807) is 11.4 Å². The van der Waals surface area contributed by atoms with Crippen molar-refractivity contribution < 1.29 is 9.90 Å². The monoisotopic (exact) mass is 348 g/mol. The number of rotatable bonds is 2. The minimum Gasteiger partial charge on any atom is -0.481 e. The molecule has 130 valence electrons. The van der Waals surface area contributed by atoms with Crippen LogP contribution in [0.25, 0.3) is 16.6 Å². The standard InChI is InChI=1S/C19H16N4O3/c1-9-18(24)21-16-12-4-2-3-5-13(12)20-17(23(16)22-9)14-10-6-7-11(8-10)15(14)19(25)26/h2-7,10-11,14-15H,8H2,1H3,(H,25,26)/t10-,11-,14+,15+/m0/s1. The lowest BCUT2D eigenvalue weighted by atomic mass is 9.82. The number of aromatic nitrogens is 4. The van der Waals surface area contributed by atoms with Gasteiger partial charge in [0.05, 0.1) is 11.4 Å². The van der Waals surface area contributed by atoms with Gasteiger partial charge in [-0.25, -0.2) is 4.98 Å². The normalized spacial score (nSPS) is 26.8. The molecule has 2 aliphatic carbocycles. The predicted molar refractivity (Wildman–Crippen MR) is 93.9 cm³/mol. The van der Waals surface area contributed by atoms with Crippen LogP contribution >= 0.6 is 0 Å². The molecule has 2 aliphatic rings. The number of hydrogen-bond acceptors (Lipinski definition) is 5. The minimum absolute atomic E-state index is 0.0132. The van der Waals surface area contributed by atoms with E-state index in [4.69, 9.17) is 4.98 Å². The van der Waals surface area contributed by atoms with Gasteiger partial charge in [-0.05, 0) is 37.3 Å². The van der Waals surface area contributed by atoms with Gasteiger partial charge in [0.25, 0.3) is 5.56 Å². The molecule has 1 saturated carbocycles. The Hall–Kier alpha value is -3.09. The number of allylic oxidation sites excluding steroid dienone is 2. The molecule has 2 bridgehead atoms. The van der Waals surface area contributed by atoms with Gasteiger partial charge < -0.3 is 5.11 Å². The summed E-state index contributed by atoms with van der Waals surface area (Å²) in [6, 6.07) is 7.42. The van der Waals surface area contributed by atoms with Gasteiger partial charge in [-0.1, -0.05) is 24.3 Å². The first-order valence-electron chi connectivity index (χ1n) is 8.62. The molecule has 1 N–H and O–H groups in total. The van der Waals surface area contributed by atoms with Crippen molar-refractivity contribution in [2.24, 2.45) is 17.8 Å². The lowest BCUT2D eigenvalue weighted by Gasteiger charge is -2.25. The molecule has 7 nitrogen and oxygen atoms in total. The second-order valence-electron chi connectivity index (χ2n) is 7.06. The number of carboxylic acids is 1. The number of fused-ring (bicyclic) bond motifs is 5. The van der Waals surface area contributed by atoms with Crippen molar-refractivity contribution in [2.45, 2.75) is 19.3 Å². The number of nitrogens with zero attached hydrogens (tertiary/aromatic N) is 4. The molecule has 5 rings (SSSR count). The van der Waals surface area contributed by atoms with Gasteiger partial charge in [0.1, 0.15) is 11.5 Å². The first-order valence-corrected chi connectivity index (χ1v) is 8.62. The second-order valence-corrected chi connectivity index (χ2v) is 7.06. The molecule has 0 unspecified atom stereocenters. The molecule has 1 fully saturated rings. The summed E-state index contributed by atoms with van der Waals surface area (Å²) < 4.78 is 1.58. The fourth-order valence-corrected chi connectivity index (χ4v) is 4.46. The Morgan fingerprint density at radius 1 is 1.19 bits per heavy atom. The number of aliphatic carboxylic acids is 1. The van der Waals surface area contributed by atoms with E-state index in [9.17, 15) is 14.7 Å². The van der Waals surface area contributed by atoms with Gasteiger partial charge in [-0.2, -0.15) is 14.6 Å². The molecule has 26 heavy (non-hydrogen) atoms. The van der Waals surface area contributed by atoms with E-state index >= 15 is 0 Å². The van der Waals surface area contributed by atoms with Crippen molar-refractivity contribution in [3.8, 4) is 0 Å². The van der Waals surface area contributed by atoms with E-state index in [1.807, 2.05) is 30.3 Å². The topological polar surface area (TPSA) is 97.5 Å². The Morgan fingerprint density at radius 3 is 2.77 bits per heavy atom. The van der Waals surface area contributed by atoms with Crippen LogP contribution in [-0.2, 0) is 4.79 Å². The number of hydrogen-bond donors (Lipinski definition) is 1. The minimum atomic E-state index is -0.819. The maximum Gasteiger partial charge on any atom is 0.307 e. The van der Waals surface area contributed by atoms with E-state index in [0.29, 0.717) is 17.0 Å². The molecule has 4 atom stereocenters. The van der Waals surface area contributed by atoms with E-state index in [0.717, 1.165) is 11.8 Å². The summed E-state index contributed by atoms with van der Waals surface area (Å²) >= 11 is 0. The summed E-state index contributed by atoms with van der Waals surface area (Å²) in [5.74, 6) is -0.952. The lowest BCUT2D eigenvalue weighted by Crippen LogP contribution is -2.29. The molecule has 2 aromatic heterocycles. The summed E-state index contributed by atoms with van der Waals surface area (Å²) in [7, 11) is 0. The third-order valence-electron chi connectivity index (χ3n) is 5.61. The van der Waals surface area contributed by atoms with Crippen LogP contribution in [0, 0.1) is 24.7 Å². The highest BCUT2D eigenvalue weighted by molar-refractivity contribution is 5.91. The van der Waals surface area contributed by atoms with Crippen LogP contribution in [-0.4, -0.2) is 30.7 Å². The average molecular weight is 348 g/mol. The largest absolute Gasteiger partial charge is 0.481 e. The van der Waals surface area contributed by atoms with Crippen LogP contribution in [0.4, 0.5) is 0 Å². The summed E-state index contributed by atoms with van der Waals surface area (Å²) in [4.78, 5) is 33.0. The Kier molecular flexibility index (Phi) is 3.04. The Bertz CT molecular complexity index is 1170. The summed E-state index contributed by atoms with van der Waals surface area (Å²) in [6.45, 7) is 1.61. The van der Waals surface area contributed by atoms with Crippen molar-refractivity contribution in [3.05, 3.63) is 58.3 Å². The van der Waals surface area contributed by atoms with Crippen molar-refractivity contribution in [2.75, 3.05) is 0 Å². The number of carboxylic acid groups (broad SMARTS) is 1. The smallest absolute Gasteiger partial charge is 0.307 e. The predicted octanol–water partition coefficient (Wildman–Crippen LogP) is 1.94. The van der Waals surface area contributed by atoms with Gasteiger partial charge in [-0.15, -0.1) is 0 Å². The van der Waals surface area contributed by atoms with Crippen molar-refractivity contribution in [1.82, 2.24) is 19.6 Å². The van der Waals surface area contributed by atoms with Crippen LogP contribution in [0.3, 0.4) is 0 Å². The van der Waals surface area contributed by atoms with Gasteiger partial charge in [0, 0.05) is 11.3 Å². The first-order chi connectivity index (χ1) is 12.5. The SMILES string of the molecule is Cc1nn2c([C@H]3[C@H](C(=O)O)[C@H]4C=C[C@H]3C4)nc3ccccc3c2nc1=O. The highest BCUT2D eigenvalue weighted by atomic mass is 16.4. The van der Waals surface area contributed by atoms with E-state index in [2.05, 4.69) is 16.2 Å². The van der Waals surface area contributed by atoms with E-state index in [1.165, 1.54) is 0 Å². The molecule has 7 heteroatoms. The van der Waals surface area contributed by atoms with Crippen LogP contribution in [0.2, 0.25) is 0 Å². The number of para-hydroxylation sites is 1. The molecule has 3 aromatic rings. The third-order valence-corrected chi connectivity index (χ3v) is 5.61. The Morgan fingerprint density at radius 2 is 1.96 bits per heavy atom.